The first kappa shape index (κ1) is 13.9. The van der Waals surface area contributed by atoms with E-state index in [1.807, 2.05) is 41.2 Å². The molecule has 0 aliphatic heterocycles. The van der Waals surface area contributed by atoms with Gasteiger partial charge in [-0.1, -0.05) is 12.1 Å². The summed E-state index contributed by atoms with van der Waals surface area (Å²) >= 11 is 0. The smallest absolute Gasteiger partial charge is 0.330 e. The molecule has 4 nitrogen and oxygen atoms in total. The minimum absolute atomic E-state index is 0.261. The van der Waals surface area contributed by atoms with Crippen molar-refractivity contribution in [2.45, 2.75) is 19.3 Å². The van der Waals surface area contributed by atoms with Crippen LogP contribution in [0.5, 0.6) is 0 Å². The molecule has 1 atom stereocenters. The first-order valence-corrected chi connectivity index (χ1v) is 6.44. The first-order valence-electron chi connectivity index (χ1n) is 6.44. The lowest BCUT2D eigenvalue weighted by Gasteiger charge is -2.20. The zero-order valence-electron chi connectivity index (χ0n) is 11.5. The molecule has 1 heterocycles. The minimum atomic E-state index is -1.27. The van der Waals surface area contributed by atoms with Crippen molar-refractivity contribution in [3.05, 3.63) is 54.4 Å². The molecule has 0 saturated carbocycles. The lowest BCUT2D eigenvalue weighted by molar-refractivity contribution is -0.147. The molecule has 1 aromatic carbocycles. The average molecular weight is 268 g/mol. The van der Waals surface area contributed by atoms with Crippen LogP contribution in [-0.4, -0.2) is 17.1 Å². The quantitative estimate of drug-likeness (QED) is 0.801. The van der Waals surface area contributed by atoms with Crippen molar-refractivity contribution >= 4 is 5.97 Å². The van der Waals surface area contributed by atoms with E-state index in [2.05, 4.69) is 6.07 Å². The summed E-state index contributed by atoms with van der Waals surface area (Å²) in [4.78, 5) is 12.0. The van der Waals surface area contributed by atoms with Gasteiger partial charge in [0.15, 0.2) is 5.41 Å². The SMILES string of the molecule is CCOC(=O)C(C)(C#N)c1ccc(-n2cccc2)cc1. The zero-order valence-corrected chi connectivity index (χ0v) is 11.5. The fraction of sp³-hybridized carbons (Fsp3) is 0.250. The van der Waals surface area contributed by atoms with Gasteiger partial charge in [0.05, 0.1) is 12.7 Å². The predicted molar refractivity (Wildman–Crippen MR) is 75.4 cm³/mol. The molecule has 0 bridgehead atoms. The standard InChI is InChI=1S/C16H16N2O2/c1-3-20-15(19)16(2,12-17)13-6-8-14(9-7-13)18-10-4-5-11-18/h4-11H,3H2,1-2H3. The number of hydrogen-bond donors (Lipinski definition) is 0. The molecule has 0 aliphatic carbocycles. The number of nitrogens with zero attached hydrogens (tertiary/aromatic N) is 2. The molecule has 0 N–H and O–H groups in total. The van der Waals surface area contributed by atoms with Gasteiger partial charge in [-0.2, -0.15) is 5.26 Å². The second kappa shape index (κ2) is 5.62. The van der Waals surface area contributed by atoms with Crippen LogP contribution in [0.4, 0.5) is 0 Å². The third kappa shape index (κ3) is 2.43. The fourth-order valence-electron chi connectivity index (χ4n) is 1.98. The van der Waals surface area contributed by atoms with Gasteiger partial charge in [0, 0.05) is 18.1 Å². The third-order valence-electron chi connectivity index (χ3n) is 3.25. The maximum Gasteiger partial charge on any atom is 0.330 e. The van der Waals surface area contributed by atoms with Crippen molar-refractivity contribution in [1.82, 2.24) is 4.57 Å². The highest BCUT2D eigenvalue weighted by atomic mass is 16.5. The van der Waals surface area contributed by atoms with E-state index in [9.17, 15) is 10.1 Å². The Hall–Kier alpha value is -2.54. The molecule has 0 saturated heterocycles. The number of ether oxygens (including phenoxy) is 1. The Morgan fingerprint density at radius 3 is 2.40 bits per heavy atom. The molecule has 4 heteroatoms. The summed E-state index contributed by atoms with van der Waals surface area (Å²) in [6.45, 7) is 3.57. The fourth-order valence-corrected chi connectivity index (χ4v) is 1.98. The molecule has 0 amide bonds. The topological polar surface area (TPSA) is 55.0 Å². The van der Waals surface area contributed by atoms with Gasteiger partial charge >= 0.3 is 5.97 Å². The van der Waals surface area contributed by atoms with Crippen LogP contribution in [0.1, 0.15) is 19.4 Å². The summed E-state index contributed by atoms with van der Waals surface area (Å²) in [5.41, 5.74) is 0.336. The number of benzene rings is 1. The maximum absolute atomic E-state index is 12.0. The number of carbonyl (C=O) groups is 1. The summed E-state index contributed by atoms with van der Waals surface area (Å²) in [5, 5.41) is 9.33. The molecular formula is C16H16N2O2. The average Bonchev–Trinajstić information content (AvgIpc) is 3.01. The van der Waals surface area contributed by atoms with Gasteiger partial charge in [0.1, 0.15) is 0 Å². The normalized spacial score (nSPS) is 13.2. The van der Waals surface area contributed by atoms with Crippen molar-refractivity contribution in [2.75, 3.05) is 6.61 Å². The van der Waals surface area contributed by atoms with Crippen LogP contribution in [0.25, 0.3) is 5.69 Å². The number of hydrogen-bond acceptors (Lipinski definition) is 3. The van der Waals surface area contributed by atoms with Gasteiger partial charge in [-0.25, -0.2) is 4.79 Å². The molecule has 0 aliphatic rings. The van der Waals surface area contributed by atoms with E-state index in [0.29, 0.717) is 5.56 Å². The summed E-state index contributed by atoms with van der Waals surface area (Å²) < 4.78 is 6.94. The molecular weight excluding hydrogens is 252 g/mol. The van der Waals surface area contributed by atoms with E-state index in [4.69, 9.17) is 4.74 Å². The van der Waals surface area contributed by atoms with Crippen molar-refractivity contribution in [1.29, 1.82) is 5.26 Å². The van der Waals surface area contributed by atoms with Crippen LogP contribution in [0.15, 0.2) is 48.8 Å². The second-order valence-electron chi connectivity index (χ2n) is 4.59. The van der Waals surface area contributed by atoms with Crippen LogP contribution in [0.2, 0.25) is 0 Å². The summed E-state index contributed by atoms with van der Waals surface area (Å²) in [5.74, 6) is -0.517. The minimum Gasteiger partial charge on any atom is -0.465 e. The Bertz CT molecular complexity index is 623. The summed E-state index contributed by atoms with van der Waals surface area (Å²) in [7, 11) is 0. The first-order chi connectivity index (χ1) is 9.61. The monoisotopic (exact) mass is 268 g/mol. The van der Waals surface area contributed by atoms with Gasteiger partial charge in [-0.05, 0) is 43.7 Å². The number of aromatic nitrogens is 1. The van der Waals surface area contributed by atoms with E-state index in [1.165, 1.54) is 0 Å². The van der Waals surface area contributed by atoms with Gasteiger partial charge in [-0.3, -0.25) is 0 Å². The molecule has 0 spiro atoms. The molecule has 0 fully saturated rings. The Morgan fingerprint density at radius 1 is 1.30 bits per heavy atom. The van der Waals surface area contributed by atoms with Gasteiger partial charge in [0.2, 0.25) is 0 Å². The molecule has 1 aromatic heterocycles. The zero-order chi connectivity index (χ0) is 14.6. The Balaban J connectivity index is 2.33. The second-order valence-corrected chi connectivity index (χ2v) is 4.59. The number of rotatable bonds is 4. The van der Waals surface area contributed by atoms with Crippen molar-refractivity contribution < 1.29 is 9.53 Å². The molecule has 0 radical (unpaired) electrons. The van der Waals surface area contributed by atoms with Gasteiger partial charge < -0.3 is 9.30 Å². The Morgan fingerprint density at radius 2 is 1.90 bits per heavy atom. The van der Waals surface area contributed by atoms with Crippen LogP contribution in [0, 0.1) is 11.3 Å². The van der Waals surface area contributed by atoms with Gasteiger partial charge in [-0.15, -0.1) is 0 Å². The van der Waals surface area contributed by atoms with Gasteiger partial charge in [0.25, 0.3) is 0 Å². The molecule has 20 heavy (non-hydrogen) atoms. The van der Waals surface area contributed by atoms with E-state index < -0.39 is 11.4 Å². The number of nitriles is 1. The molecule has 2 rings (SSSR count). The van der Waals surface area contributed by atoms with E-state index >= 15 is 0 Å². The van der Waals surface area contributed by atoms with Crippen molar-refractivity contribution in [3.8, 4) is 11.8 Å². The van der Waals surface area contributed by atoms with Crippen molar-refractivity contribution in [2.24, 2.45) is 0 Å². The molecule has 1 unspecified atom stereocenters. The van der Waals surface area contributed by atoms with E-state index in [0.717, 1.165) is 5.69 Å². The van der Waals surface area contributed by atoms with E-state index in [1.54, 1.807) is 26.0 Å². The van der Waals surface area contributed by atoms with Crippen molar-refractivity contribution in [3.63, 3.8) is 0 Å². The highest BCUT2D eigenvalue weighted by Gasteiger charge is 2.37. The lowest BCUT2D eigenvalue weighted by Crippen LogP contribution is -2.32. The largest absolute Gasteiger partial charge is 0.465 e. The van der Waals surface area contributed by atoms with E-state index in [-0.39, 0.29) is 6.61 Å². The van der Waals surface area contributed by atoms with Crippen LogP contribution in [-0.2, 0) is 14.9 Å². The Labute approximate surface area is 118 Å². The highest BCUT2D eigenvalue weighted by molar-refractivity contribution is 5.86. The van der Waals surface area contributed by atoms with Crippen LogP contribution in [0.3, 0.4) is 0 Å². The number of esters is 1. The predicted octanol–water partition coefficient (Wildman–Crippen LogP) is 2.82. The molecule has 2 aromatic rings. The van der Waals surface area contributed by atoms with Crippen LogP contribution >= 0.6 is 0 Å². The summed E-state index contributed by atoms with van der Waals surface area (Å²) in [6, 6.07) is 13.3. The summed E-state index contributed by atoms with van der Waals surface area (Å²) in [6.07, 6.45) is 3.87. The maximum atomic E-state index is 12.0. The molecule has 102 valence electrons. The number of carbonyl (C=O) groups excluding carboxylic acids is 1. The highest BCUT2D eigenvalue weighted by Crippen LogP contribution is 2.26. The Kier molecular flexibility index (Phi) is 3.90. The van der Waals surface area contributed by atoms with Crippen LogP contribution < -0.4 is 0 Å². The third-order valence-corrected chi connectivity index (χ3v) is 3.25. The lowest BCUT2D eigenvalue weighted by atomic mass is 9.84.